The number of nitrogens with zero attached hydrogens (tertiary/aromatic N) is 1. The standard InChI is InChI=1S/C26H43N3O6S/c1-8-9-18(3)27-23(32)22(19-10-11-21(31)17(2)16-19)29(13-14-30)24(33)20(12-15-36-7)28-25(34)35-26(4,5)6/h10-11,16,18,20,22,30-31H,8-9,12-15H2,1-7H3,(H,27,32)(H,28,34). The second-order valence-corrected chi connectivity index (χ2v) is 10.9. The number of thioether (sulfide) groups is 1. The highest BCUT2D eigenvalue weighted by molar-refractivity contribution is 7.98. The Morgan fingerprint density at radius 2 is 1.83 bits per heavy atom. The number of phenols is 1. The number of ether oxygens (including phenoxy) is 1. The summed E-state index contributed by atoms with van der Waals surface area (Å²) in [5, 5.41) is 25.5. The van der Waals surface area contributed by atoms with E-state index in [-0.39, 0.29) is 24.9 Å². The third-order valence-electron chi connectivity index (χ3n) is 5.43. The number of aryl methyl sites for hydroxylation is 1. The first-order chi connectivity index (χ1) is 16.8. The fourth-order valence-corrected chi connectivity index (χ4v) is 4.24. The summed E-state index contributed by atoms with van der Waals surface area (Å²) in [6.07, 6.45) is 3.11. The van der Waals surface area contributed by atoms with Crippen LogP contribution in [0.5, 0.6) is 5.75 Å². The van der Waals surface area contributed by atoms with Gasteiger partial charge in [-0.25, -0.2) is 4.79 Å². The highest BCUT2D eigenvalue weighted by Crippen LogP contribution is 2.27. The van der Waals surface area contributed by atoms with Crippen LogP contribution in [0, 0.1) is 6.92 Å². The number of aliphatic hydroxyl groups excluding tert-OH is 1. The second kappa shape index (κ2) is 14.9. The van der Waals surface area contributed by atoms with Gasteiger partial charge in [0.05, 0.1) is 6.61 Å². The molecule has 3 amide bonds. The quantitative estimate of drug-likeness (QED) is 0.310. The molecular weight excluding hydrogens is 482 g/mol. The van der Waals surface area contributed by atoms with Crippen LogP contribution in [0.3, 0.4) is 0 Å². The van der Waals surface area contributed by atoms with Crippen LogP contribution in [-0.2, 0) is 14.3 Å². The summed E-state index contributed by atoms with van der Waals surface area (Å²) in [5.41, 5.74) is 0.298. The minimum absolute atomic E-state index is 0.0710. The van der Waals surface area contributed by atoms with Gasteiger partial charge in [0.25, 0.3) is 0 Å². The lowest BCUT2D eigenvalue weighted by molar-refractivity contribution is -0.143. The molecule has 0 aliphatic carbocycles. The number of amides is 3. The summed E-state index contributed by atoms with van der Waals surface area (Å²) < 4.78 is 5.36. The SMILES string of the molecule is CCCC(C)NC(=O)C(c1ccc(O)c(C)c1)N(CCO)C(=O)C(CCSC)NC(=O)OC(C)(C)C. The van der Waals surface area contributed by atoms with E-state index in [4.69, 9.17) is 4.74 Å². The van der Waals surface area contributed by atoms with Crippen LogP contribution in [0.15, 0.2) is 18.2 Å². The molecule has 3 atom stereocenters. The van der Waals surface area contributed by atoms with E-state index in [0.717, 1.165) is 12.8 Å². The maximum Gasteiger partial charge on any atom is 0.408 e. The average Bonchev–Trinajstić information content (AvgIpc) is 2.77. The van der Waals surface area contributed by atoms with Crippen molar-refractivity contribution in [3.05, 3.63) is 29.3 Å². The molecule has 0 saturated heterocycles. The van der Waals surface area contributed by atoms with E-state index in [1.54, 1.807) is 39.8 Å². The van der Waals surface area contributed by atoms with Gasteiger partial charge in [0, 0.05) is 12.6 Å². The van der Waals surface area contributed by atoms with E-state index >= 15 is 0 Å². The number of rotatable bonds is 13. The first-order valence-electron chi connectivity index (χ1n) is 12.3. The van der Waals surface area contributed by atoms with Gasteiger partial charge in [-0.1, -0.05) is 19.4 Å². The van der Waals surface area contributed by atoms with Crippen molar-refractivity contribution in [2.75, 3.05) is 25.2 Å². The zero-order valence-corrected chi connectivity index (χ0v) is 23.4. The monoisotopic (exact) mass is 525 g/mol. The van der Waals surface area contributed by atoms with Crippen LogP contribution >= 0.6 is 11.8 Å². The molecule has 0 saturated carbocycles. The number of phenolic OH excluding ortho intramolecular Hbond substituents is 1. The Kier molecular flexibility index (Phi) is 13.1. The highest BCUT2D eigenvalue weighted by Gasteiger charge is 2.36. The van der Waals surface area contributed by atoms with E-state index in [1.807, 2.05) is 20.1 Å². The van der Waals surface area contributed by atoms with Crippen molar-refractivity contribution in [3.8, 4) is 5.75 Å². The van der Waals surface area contributed by atoms with Gasteiger partial charge in [-0.3, -0.25) is 9.59 Å². The lowest BCUT2D eigenvalue weighted by Gasteiger charge is -2.35. The van der Waals surface area contributed by atoms with Gasteiger partial charge in [0.1, 0.15) is 23.4 Å². The lowest BCUT2D eigenvalue weighted by Crippen LogP contribution is -2.54. The summed E-state index contributed by atoms with van der Waals surface area (Å²) in [5.74, 6) is -0.245. The predicted molar refractivity (Wildman–Crippen MR) is 143 cm³/mol. The first kappa shape index (κ1) is 31.6. The van der Waals surface area contributed by atoms with Crippen LogP contribution in [-0.4, -0.2) is 75.9 Å². The number of carbonyl (C=O) groups excluding carboxylic acids is 3. The lowest BCUT2D eigenvalue weighted by atomic mass is 9.99. The molecular formula is C26H43N3O6S. The Hall–Kier alpha value is -2.46. The number of aromatic hydroxyl groups is 1. The van der Waals surface area contributed by atoms with Gasteiger partial charge >= 0.3 is 6.09 Å². The van der Waals surface area contributed by atoms with Crippen LogP contribution in [0.1, 0.15) is 71.0 Å². The molecule has 1 aromatic carbocycles. The first-order valence-corrected chi connectivity index (χ1v) is 13.7. The van der Waals surface area contributed by atoms with Gasteiger partial charge in [0.15, 0.2) is 0 Å². The third-order valence-corrected chi connectivity index (χ3v) is 6.07. The van der Waals surface area contributed by atoms with Crippen LogP contribution in [0.4, 0.5) is 4.79 Å². The second-order valence-electron chi connectivity index (χ2n) is 9.88. The Bertz CT molecular complexity index is 874. The fraction of sp³-hybridized carbons (Fsp3) is 0.654. The summed E-state index contributed by atoms with van der Waals surface area (Å²) >= 11 is 1.52. The van der Waals surface area contributed by atoms with Crippen molar-refractivity contribution in [3.63, 3.8) is 0 Å². The van der Waals surface area contributed by atoms with Crippen molar-refractivity contribution < 1.29 is 29.3 Å². The molecule has 0 radical (unpaired) electrons. The topological polar surface area (TPSA) is 128 Å². The molecule has 4 N–H and O–H groups in total. The molecule has 0 fully saturated rings. The Labute approximate surface area is 219 Å². The molecule has 0 aliphatic heterocycles. The molecule has 0 aliphatic rings. The van der Waals surface area contributed by atoms with E-state index in [9.17, 15) is 24.6 Å². The molecule has 0 spiro atoms. The molecule has 3 unspecified atom stereocenters. The maximum atomic E-state index is 13.8. The molecule has 1 aromatic rings. The normalized spacial score (nSPS) is 13.9. The Morgan fingerprint density at radius 3 is 2.36 bits per heavy atom. The highest BCUT2D eigenvalue weighted by atomic mass is 32.2. The molecule has 0 bridgehead atoms. The molecule has 10 heteroatoms. The zero-order chi connectivity index (χ0) is 27.5. The molecule has 1 rings (SSSR count). The zero-order valence-electron chi connectivity index (χ0n) is 22.6. The van der Waals surface area contributed by atoms with Crippen molar-refractivity contribution in [1.29, 1.82) is 0 Å². The van der Waals surface area contributed by atoms with Crippen LogP contribution in [0.2, 0.25) is 0 Å². The third kappa shape index (κ3) is 10.3. The van der Waals surface area contributed by atoms with Crippen LogP contribution < -0.4 is 10.6 Å². The van der Waals surface area contributed by atoms with E-state index < -0.39 is 35.6 Å². The van der Waals surface area contributed by atoms with Gasteiger partial charge in [0.2, 0.25) is 11.8 Å². The van der Waals surface area contributed by atoms with E-state index in [1.165, 1.54) is 22.7 Å². The largest absolute Gasteiger partial charge is 0.508 e. The smallest absolute Gasteiger partial charge is 0.408 e. The molecule has 36 heavy (non-hydrogen) atoms. The molecule has 0 aromatic heterocycles. The summed E-state index contributed by atoms with van der Waals surface area (Å²) in [6.45, 7) is 10.3. The van der Waals surface area contributed by atoms with E-state index in [0.29, 0.717) is 23.3 Å². The summed E-state index contributed by atoms with van der Waals surface area (Å²) in [6, 6.07) is 2.57. The van der Waals surface area contributed by atoms with Gasteiger partial charge < -0.3 is 30.5 Å². The number of aliphatic hydroxyl groups is 1. The maximum absolute atomic E-state index is 13.8. The molecule has 9 nitrogen and oxygen atoms in total. The number of benzene rings is 1. The Balaban J connectivity index is 3.45. The number of alkyl carbamates (subject to hydrolysis) is 1. The van der Waals surface area contributed by atoms with Gasteiger partial charge in [-0.2, -0.15) is 11.8 Å². The van der Waals surface area contributed by atoms with Crippen molar-refractivity contribution in [2.45, 2.75) is 84.5 Å². The van der Waals surface area contributed by atoms with Crippen molar-refractivity contribution in [1.82, 2.24) is 15.5 Å². The average molecular weight is 526 g/mol. The minimum atomic E-state index is -1.07. The van der Waals surface area contributed by atoms with Crippen molar-refractivity contribution in [2.24, 2.45) is 0 Å². The minimum Gasteiger partial charge on any atom is -0.508 e. The Morgan fingerprint density at radius 1 is 1.17 bits per heavy atom. The van der Waals surface area contributed by atoms with Gasteiger partial charge in [-0.15, -0.1) is 0 Å². The number of carbonyl (C=O) groups is 3. The predicted octanol–water partition coefficient (Wildman–Crippen LogP) is 3.51. The molecule has 0 heterocycles. The summed E-state index contributed by atoms with van der Waals surface area (Å²) in [4.78, 5) is 41.2. The number of hydrogen-bond acceptors (Lipinski definition) is 7. The summed E-state index contributed by atoms with van der Waals surface area (Å²) in [7, 11) is 0. The molecule has 204 valence electrons. The number of nitrogens with one attached hydrogen (secondary N) is 2. The number of hydrogen-bond donors (Lipinski definition) is 4. The van der Waals surface area contributed by atoms with Gasteiger partial charge in [-0.05, 0) is 82.7 Å². The van der Waals surface area contributed by atoms with Crippen molar-refractivity contribution >= 4 is 29.7 Å². The fourth-order valence-electron chi connectivity index (χ4n) is 3.77. The van der Waals surface area contributed by atoms with Crippen LogP contribution in [0.25, 0.3) is 0 Å². The van der Waals surface area contributed by atoms with E-state index in [2.05, 4.69) is 10.6 Å².